The molecule has 10 heavy (non-hydrogen) atoms. The molecule has 1 aromatic carbocycles. The third-order valence-electron chi connectivity index (χ3n) is 1.14. The number of hydrogen-bond acceptors (Lipinski definition) is 0. The molecule has 0 spiro atoms. The van der Waals surface area contributed by atoms with Crippen LogP contribution in [-0.2, 0) is 0 Å². The first-order chi connectivity index (χ1) is 7.52. The van der Waals surface area contributed by atoms with E-state index in [0.29, 0.717) is 4.47 Å². The number of hydrogen-bond donors (Lipinski definition) is 0. The molecule has 0 radical (unpaired) electrons. The van der Waals surface area contributed by atoms with Gasteiger partial charge in [-0.05, 0) is 17.5 Å². The summed E-state index contributed by atoms with van der Waals surface area (Å²) in [7, 11) is 0. The van der Waals surface area contributed by atoms with E-state index >= 15 is 0 Å². The lowest BCUT2D eigenvalue weighted by atomic mass is 10.0. The second-order valence-corrected chi connectivity index (χ2v) is 2.71. The molecule has 0 nitrogen and oxygen atoms in total. The SMILES string of the molecule is [2H]C([2H])([2H])C([2H])(c1ccccc1Br)C([2H])([2H])[2H]. The molecular weight excluding hydrogens is 188 g/mol. The fraction of sp³-hybridized carbons (Fsp3) is 0.333. The van der Waals surface area contributed by atoms with Crippen LogP contribution in [0.4, 0.5) is 0 Å². The lowest BCUT2D eigenvalue weighted by Gasteiger charge is -2.06. The van der Waals surface area contributed by atoms with Crippen molar-refractivity contribution in [1.29, 1.82) is 0 Å². The highest BCUT2D eigenvalue weighted by Crippen LogP contribution is 2.23. The van der Waals surface area contributed by atoms with Crippen LogP contribution in [0.3, 0.4) is 0 Å². The number of halogens is 1. The van der Waals surface area contributed by atoms with Gasteiger partial charge in [0.15, 0.2) is 0 Å². The fourth-order valence-corrected chi connectivity index (χ4v) is 1.15. The molecule has 0 N–H and O–H groups in total. The Bertz CT molecular complexity index is 393. The van der Waals surface area contributed by atoms with Crippen LogP contribution < -0.4 is 0 Å². The summed E-state index contributed by atoms with van der Waals surface area (Å²) in [6.07, 6.45) is 0. The van der Waals surface area contributed by atoms with Crippen molar-refractivity contribution < 1.29 is 9.60 Å². The molecule has 0 bridgehead atoms. The van der Waals surface area contributed by atoms with Gasteiger partial charge >= 0.3 is 0 Å². The molecule has 0 aliphatic heterocycles. The van der Waals surface area contributed by atoms with Gasteiger partial charge in [0.1, 0.15) is 0 Å². The molecular formula is C9H11Br. The van der Waals surface area contributed by atoms with Crippen LogP contribution in [0.5, 0.6) is 0 Å². The minimum Gasteiger partial charge on any atom is -0.0619 e. The predicted octanol–water partition coefficient (Wildman–Crippen LogP) is 3.57. The summed E-state index contributed by atoms with van der Waals surface area (Å²) in [5.41, 5.74) is -0.0556. The van der Waals surface area contributed by atoms with Crippen molar-refractivity contribution in [3.63, 3.8) is 0 Å². The second-order valence-electron chi connectivity index (χ2n) is 1.85. The Balaban J connectivity index is 3.53. The summed E-state index contributed by atoms with van der Waals surface area (Å²) in [6.45, 7) is -5.88. The second kappa shape index (κ2) is 3.20. The first kappa shape index (κ1) is 2.63. The molecule has 0 amide bonds. The normalized spacial score (nSPS) is 24.3. The maximum atomic E-state index is 7.95. The van der Waals surface area contributed by atoms with Crippen molar-refractivity contribution >= 4 is 15.9 Å². The summed E-state index contributed by atoms with van der Waals surface area (Å²) in [4.78, 5) is 0. The van der Waals surface area contributed by atoms with Crippen molar-refractivity contribution in [2.75, 3.05) is 0 Å². The summed E-state index contributed by atoms with van der Waals surface area (Å²) in [5, 5.41) is 0. The molecule has 0 atom stereocenters. The van der Waals surface area contributed by atoms with Gasteiger partial charge in [0.05, 0.1) is 0 Å². The molecule has 0 aliphatic carbocycles. The summed E-state index contributed by atoms with van der Waals surface area (Å²) < 4.78 is 52.3. The van der Waals surface area contributed by atoms with Gasteiger partial charge in [0, 0.05) is 14.1 Å². The molecule has 54 valence electrons. The molecule has 1 heteroatoms. The molecule has 0 aromatic heterocycles. The highest BCUT2D eigenvalue weighted by molar-refractivity contribution is 9.10. The van der Waals surface area contributed by atoms with E-state index in [-0.39, 0.29) is 5.56 Å². The van der Waals surface area contributed by atoms with Gasteiger partial charge in [-0.15, -0.1) is 0 Å². The Labute approximate surface area is 80.2 Å². The fourth-order valence-electron chi connectivity index (χ4n) is 0.664. The zero-order chi connectivity index (χ0) is 13.5. The molecule has 0 heterocycles. The van der Waals surface area contributed by atoms with Crippen LogP contribution in [0.2, 0.25) is 0 Å². The lowest BCUT2D eigenvalue weighted by Crippen LogP contribution is -1.86. The van der Waals surface area contributed by atoms with Gasteiger partial charge in [0.2, 0.25) is 0 Å². The first-order valence-corrected chi connectivity index (χ1v) is 3.56. The van der Waals surface area contributed by atoms with Crippen molar-refractivity contribution in [3.8, 4) is 0 Å². The highest BCUT2D eigenvalue weighted by Gasteiger charge is 2.00. The Kier molecular flexibility index (Phi) is 0.842. The minimum absolute atomic E-state index is 0.0556. The molecule has 0 saturated heterocycles. The van der Waals surface area contributed by atoms with E-state index in [9.17, 15) is 0 Å². The van der Waals surface area contributed by atoms with E-state index in [0.717, 1.165) is 0 Å². The third kappa shape index (κ3) is 1.60. The molecule has 0 fully saturated rings. The summed E-state index contributed by atoms with van der Waals surface area (Å²) in [6, 6.07) is 6.01. The largest absolute Gasteiger partial charge is 0.0619 e. The average Bonchev–Trinajstić information content (AvgIpc) is 2.13. The predicted molar refractivity (Wildman–Crippen MR) is 48.2 cm³/mol. The Morgan fingerprint density at radius 2 is 2.20 bits per heavy atom. The van der Waals surface area contributed by atoms with Gasteiger partial charge in [-0.25, -0.2) is 0 Å². The van der Waals surface area contributed by atoms with Gasteiger partial charge in [0.25, 0.3) is 0 Å². The van der Waals surface area contributed by atoms with Crippen LogP contribution in [-0.4, -0.2) is 0 Å². The van der Waals surface area contributed by atoms with Crippen LogP contribution in [0, 0.1) is 0 Å². The van der Waals surface area contributed by atoms with Crippen LogP contribution in [0.25, 0.3) is 0 Å². The summed E-state index contributed by atoms with van der Waals surface area (Å²) >= 11 is 3.10. The van der Waals surface area contributed by atoms with Gasteiger partial charge in [-0.1, -0.05) is 47.8 Å². The van der Waals surface area contributed by atoms with Crippen molar-refractivity contribution in [2.45, 2.75) is 19.6 Å². The zero-order valence-electron chi connectivity index (χ0n) is 12.2. The van der Waals surface area contributed by atoms with E-state index in [1.165, 1.54) is 18.2 Å². The Morgan fingerprint density at radius 3 is 2.80 bits per heavy atom. The summed E-state index contributed by atoms with van der Waals surface area (Å²) in [5.74, 6) is -2.64. The third-order valence-corrected chi connectivity index (χ3v) is 1.83. The maximum absolute atomic E-state index is 7.95. The Morgan fingerprint density at radius 1 is 1.50 bits per heavy atom. The zero-order valence-corrected chi connectivity index (χ0v) is 6.77. The van der Waals surface area contributed by atoms with Crippen molar-refractivity contribution in [1.82, 2.24) is 0 Å². The van der Waals surface area contributed by atoms with Gasteiger partial charge in [-0.3, -0.25) is 0 Å². The van der Waals surface area contributed by atoms with Crippen molar-refractivity contribution in [3.05, 3.63) is 34.3 Å². The highest BCUT2D eigenvalue weighted by atomic mass is 79.9. The standard InChI is InChI=1S/C9H11Br/c1-7(2)8-5-3-4-6-9(8)10/h3-7H,1-2H3/i1D3,2D3,7D. The maximum Gasteiger partial charge on any atom is 0.0347 e. The molecule has 0 unspecified atom stereocenters. The lowest BCUT2D eigenvalue weighted by molar-refractivity contribution is 0.861. The first-order valence-electron chi connectivity index (χ1n) is 6.27. The van der Waals surface area contributed by atoms with Crippen molar-refractivity contribution in [2.24, 2.45) is 0 Å². The van der Waals surface area contributed by atoms with E-state index in [1.807, 2.05) is 0 Å². The van der Waals surface area contributed by atoms with Gasteiger partial charge < -0.3 is 0 Å². The van der Waals surface area contributed by atoms with Crippen LogP contribution in [0.15, 0.2) is 28.7 Å². The minimum atomic E-state index is -2.94. The molecule has 0 saturated carbocycles. The van der Waals surface area contributed by atoms with E-state index in [2.05, 4.69) is 15.9 Å². The van der Waals surface area contributed by atoms with E-state index in [1.54, 1.807) is 6.07 Å². The molecule has 0 aliphatic rings. The van der Waals surface area contributed by atoms with Crippen LogP contribution in [0.1, 0.15) is 34.8 Å². The monoisotopic (exact) mass is 205 g/mol. The average molecular weight is 206 g/mol. The van der Waals surface area contributed by atoms with E-state index < -0.39 is 19.6 Å². The smallest absolute Gasteiger partial charge is 0.0347 e. The number of rotatable bonds is 1. The topological polar surface area (TPSA) is 0 Å². The Hall–Kier alpha value is -0.300. The van der Waals surface area contributed by atoms with Crippen LogP contribution >= 0.6 is 15.9 Å². The quantitative estimate of drug-likeness (QED) is 0.658. The molecule has 1 aromatic rings. The number of benzene rings is 1. The van der Waals surface area contributed by atoms with Gasteiger partial charge in [-0.2, -0.15) is 0 Å². The van der Waals surface area contributed by atoms with E-state index in [4.69, 9.17) is 9.60 Å². The molecule has 1 rings (SSSR count).